The Morgan fingerprint density at radius 2 is 1.66 bits per heavy atom. The van der Waals surface area contributed by atoms with Crippen LogP contribution in [0.25, 0.3) is 39.0 Å². The van der Waals surface area contributed by atoms with E-state index in [2.05, 4.69) is 75.8 Å². The number of aryl methyl sites for hydroxylation is 1. The molecule has 0 spiro atoms. The van der Waals surface area contributed by atoms with E-state index in [0.717, 1.165) is 44.7 Å². The molecule has 6 aromatic rings. The minimum absolute atomic E-state index is 0. The third-order valence-corrected chi connectivity index (χ3v) is 6.42. The molecular weight excluding hydrogens is 649 g/mol. The van der Waals surface area contributed by atoms with Crippen molar-refractivity contribution in [1.82, 2.24) is 28.9 Å². The van der Waals surface area contributed by atoms with Crippen molar-refractivity contribution in [3.05, 3.63) is 90.8 Å². The number of hydrogen-bond donors (Lipinski definition) is 0. The Kier molecular flexibility index (Phi) is 7.55. The van der Waals surface area contributed by atoms with Crippen molar-refractivity contribution < 1.29 is 20.1 Å². The number of hydrogen-bond acceptors (Lipinski definition) is 4. The molecule has 2 aromatic carbocycles. The largest absolute Gasteiger partial charge is 0.373 e. The first-order valence-corrected chi connectivity index (χ1v) is 12.5. The van der Waals surface area contributed by atoms with E-state index < -0.39 is 0 Å². The van der Waals surface area contributed by atoms with Crippen LogP contribution >= 0.6 is 0 Å². The van der Waals surface area contributed by atoms with Crippen molar-refractivity contribution >= 4 is 27.6 Å². The quantitative estimate of drug-likeness (QED) is 0.181. The molecule has 6 nitrogen and oxygen atoms in total. The molecule has 197 valence electrons. The fraction of sp³-hybridized carbons (Fsp3) is 0.290. The molecule has 0 saturated heterocycles. The zero-order valence-electron chi connectivity index (χ0n) is 22.9. The molecule has 0 atom stereocenters. The van der Waals surface area contributed by atoms with E-state index in [0.29, 0.717) is 0 Å². The van der Waals surface area contributed by atoms with Gasteiger partial charge in [0.1, 0.15) is 0 Å². The standard InChI is InChI=1S/C21H23N4.C10H9N2.Ir/c1-20(2,3)14-9-7-8-13-18(14)23-12-25-16-11-22-17(21(4,5)6)10-15(16)24-19(13)25;1-12-8-7-11-10(12)9-5-3-2-4-6-9;/h7,9-12H,1-6H3;2-5,7-8H,1H3;/q2*-1;. The molecule has 0 fully saturated rings. The number of aromatic nitrogens is 6. The van der Waals surface area contributed by atoms with Crippen molar-refractivity contribution in [3.8, 4) is 11.4 Å². The van der Waals surface area contributed by atoms with Crippen LogP contribution in [0, 0.1) is 12.1 Å². The molecule has 7 heteroatoms. The molecule has 0 bridgehead atoms. The normalized spacial score (nSPS) is 11.9. The van der Waals surface area contributed by atoms with E-state index in [4.69, 9.17) is 9.97 Å². The number of imidazole rings is 2. The van der Waals surface area contributed by atoms with Crippen molar-refractivity contribution in [2.75, 3.05) is 0 Å². The van der Waals surface area contributed by atoms with Gasteiger partial charge in [0.25, 0.3) is 0 Å². The number of benzene rings is 2. The van der Waals surface area contributed by atoms with Crippen LogP contribution in [0.15, 0.2) is 67.4 Å². The molecule has 0 unspecified atom stereocenters. The molecule has 6 rings (SSSR count). The van der Waals surface area contributed by atoms with Crippen molar-refractivity contribution in [2.45, 2.75) is 52.4 Å². The Bertz CT molecular complexity index is 1700. The van der Waals surface area contributed by atoms with E-state index in [1.807, 2.05) is 65.1 Å². The number of nitrogens with zero attached hydrogens (tertiary/aromatic N) is 6. The first kappa shape index (κ1) is 27.6. The smallest absolute Gasteiger partial charge is 0.0829 e. The fourth-order valence-electron chi connectivity index (χ4n) is 4.37. The Morgan fingerprint density at radius 3 is 2.29 bits per heavy atom. The molecule has 0 amide bonds. The summed E-state index contributed by atoms with van der Waals surface area (Å²) in [5, 5.41) is 0.962. The maximum absolute atomic E-state index is 4.89. The Morgan fingerprint density at radius 1 is 0.868 bits per heavy atom. The zero-order chi connectivity index (χ0) is 26.4. The van der Waals surface area contributed by atoms with Crippen molar-refractivity contribution in [3.63, 3.8) is 0 Å². The number of pyridine rings is 1. The zero-order valence-corrected chi connectivity index (χ0v) is 25.3. The van der Waals surface area contributed by atoms with E-state index in [1.165, 1.54) is 5.56 Å². The van der Waals surface area contributed by atoms with Crippen LogP contribution < -0.4 is 0 Å². The van der Waals surface area contributed by atoms with E-state index in [1.54, 1.807) is 6.20 Å². The average Bonchev–Trinajstić information content (AvgIpc) is 3.46. The van der Waals surface area contributed by atoms with Gasteiger partial charge in [0, 0.05) is 50.7 Å². The van der Waals surface area contributed by atoms with Gasteiger partial charge >= 0.3 is 0 Å². The Hall–Kier alpha value is -3.41. The van der Waals surface area contributed by atoms with Crippen LogP contribution in [-0.4, -0.2) is 28.9 Å². The summed E-state index contributed by atoms with van der Waals surface area (Å²) in [4.78, 5) is 18.5. The summed E-state index contributed by atoms with van der Waals surface area (Å²) < 4.78 is 3.99. The molecule has 0 N–H and O–H groups in total. The van der Waals surface area contributed by atoms with Crippen LogP contribution in [0.2, 0.25) is 0 Å². The average molecular weight is 681 g/mol. The summed E-state index contributed by atoms with van der Waals surface area (Å²) in [6, 6.07) is 20.5. The third kappa shape index (κ3) is 5.27. The Labute approximate surface area is 237 Å². The second-order valence-electron chi connectivity index (χ2n) is 11.4. The summed E-state index contributed by atoms with van der Waals surface area (Å²) in [6.07, 6.45) is 7.47. The summed E-state index contributed by atoms with van der Waals surface area (Å²) in [6.45, 7) is 13.1. The second kappa shape index (κ2) is 10.4. The van der Waals surface area contributed by atoms with Gasteiger partial charge in [-0.15, -0.1) is 54.1 Å². The van der Waals surface area contributed by atoms with Gasteiger partial charge in [0.2, 0.25) is 0 Å². The molecule has 0 aliphatic carbocycles. The van der Waals surface area contributed by atoms with Gasteiger partial charge in [-0.25, -0.2) is 0 Å². The molecule has 1 radical (unpaired) electrons. The summed E-state index contributed by atoms with van der Waals surface area (Å²) in [5.41, 5.74) is 7.09. The Balaban J connectivity index is 0.000000218. The topological polar surface area (TPSA) is 60.9 Å². The van der Waals surface area contributed by atoms with E-state index >= 15 is 0 Å². The van der Waals surface area contributed by atoms with Crippen LogP contribution in [0.5, 0.6) is 0 Å². The predicted molar refractivity (Wildman–Crippen MR) is 150 cm³/mol. The SMILES string of the molecule is CC(C)(C)c1cc2nc3c4[c-]ccc(C(C)(C)C)c4ncn3c2cn1.Cn1ccnc1-c1[c-]cccc1.[Ir]. The van der Waals surface area contributed by atoms with Gasteiger partial charge in [0.15, 0.2) is 0 Å². The molecule has 0 aliphatic rings. The van der Waals surface area contributed by atoms with E-state index in [-0.39, 0.29) is 30.9 Å². The van der Waals surface area contributed by atoms with Crippen LogP contribution in [0.3, 0.4) is 0 Å². The maximum atomic E-state index is 4.89. The van der Waals surface area contributed by atoms with Gasteiger partial charge in [-0.05, 0) is 17.0 Å². The first-order valence-electron chi connectivity index (χ1n) is 12.5. The minimum atomic E-state index is -0.00413. The molecule has 0 saturated carbocycles. The number of rotatable bonds is 1. The third-order valence-electron chi connectivity index (χ3n) is 6.42. The second-order valence-corrected chi connectivity index (χ2v) is 11.4. The van der Waals surface area contributed by atoms with Crippen LogP contribution in [-0.2, 0) is 38.0 Å². The minimum Gasteiger partial charge on any atom is -0.373 e. The molecular formula is C31H32IrN6-2. The molecule has 0 aliphatic heterocycles. The molecule has 4 aromatic heterocycles. The van der Waals surface area contributed by atoms with Crippen LogP contribution in [0.1, 0.15) is 52.8 Å². The first-order chi connectivity index (χ1) is 17.5. The maximum Gasteiger partial charge on any atom is 0.0829 e. The van der Waals surface area contributed by atoms with Gasteiger partial charge in [-0.3, -0.25) is 19.9 Å². The van der Waals surface area contributed by atoms with Crippen molar-refractivity contribution in [2.24, 2.45) is 7.05 Å². The van der Waals surface area contributed by atoms with Crippen molar-refractivity contribution in [1.29, 1.82) is 0 Å². The monoisotopic (exact) mass is 681 g/mol. The van der Waals surface area contributed by atoms with Gasteiger partial charge in [-0.1, -0.05) is 52.5 Å². The molecule has 4 heterocycles. The summed E-state index contributed by atoms with van der Waals surface area (Å²) in [5.74, 6) is 0.954. The van der Waals surface area contributed by atoms with Crippen LogP contribution in [0.4, 0.5) is 0 Å². The molecule has 38 heavy (non-hydrogen) atoms. The summed E-state index contributed by atoms with van der Waals surface area (Å²) in [7, 11) is 1.98. The predicted octanol–water partition coefficient (Wildman–Crippen LogP) is 6.71. The fourth-order valence-corrected chi connectivity index (χ4v) is 4.37. The summed E-state index contributed by atoms with van der Waals surface area (Å²) >= 11 is 0. The van der Waals surface area contributed by atoms with E-state index in [9.17, 15) is 0 Å². The van der Waals surface area contributed by atoms with Gasteiger partial charge in [0.05, 0.1) is 35.0 Å². The van der Waals surface area contributed by atoms with Gasteiger partial charge < -0.3 is 8.97 Å². The van der Waals surface area contributed by atoms with Gasteiger partial charge in [-0.2, -0.15) is 0 Å². The number of fused-ring (bicyclic) bond motifs is 5.